The van der Waals surface area contributed by atoms with E-state index in [1.807, 2.05) is 24.6 Å². The second-order valence-electron chi connectivity index (χ2n) is 5.88. The molecule has 3 heterocycles. The number of rotatable bonds is 4. The smallest absolute Gasteiger partial charge is 0.322 e. The van der Waals surface area contributed by atoms with Gasteiger partial charge in [0.2, 0.25) is 5.91 Å². The van der Waals surface area contributed by atoms with E-state index in [-0.39, 0.29) is 24.3 Å². The molecule has 3 rings (SSSR count). The van der Waals surface area contributed by atoms with Gasteiger partial charge in [0.05, 0.1) is 11.7 Å². The Morgan fingerprint density at radius 3 is 2.64 bits per heavy atom. The summed E-state index contributed by atoms with van der Waals surface area (Å²) in [5.74, 6) is -0.353. The standard InChI is InChI=1S/C14H19N5O3/c1-8-5-9(2)19(17-8)10-6-18(7-10)12(20)4-3-11-13(21)16-14(22)15-11/h5,10-11H,3-4,6-7H2,1-2H3,(H2,15,16,21,22)/t11-/m0/s1. The summed E-state index contributed by atoms with van der Waals surface area (Å²) in [6.45, 7) is 5.24. The first kappa shape index (κ1) is 14.6. The predicted octanol–water partition coefficient (Wildman–Crippen LogP) is -0.129. The van der Waals surface area contributed by atoms with Gasteiger partial charge in [-0.1, -0.05) is 0 Å². The highest BCUT2D eigenvalue weighted by Gasteiger charge is 2.35. The molecule has 1 atom stereocenters. The van der Waals surface area contributed by atoms with Crippen LogP contribution in [0, 0.1) is 13.8 Å². The fourth-order valence-electron chi connectivity index (χ4n) is 2.92. The van der Waals surface area contributed by atoms with Gasteiger partial charge in [0.15, 0.2) is 0 Å². The minimum absolute atomic E-state index is 0.00623. The van der Waals surface area contributed by atoms with Crippen LogP contribution >= 0.6 is 0 Å². The molecule has 22 heavy (non-hydrogen) atoms. The zero-order chi connectivity index (χ0) is 15.9. The minimum Gasteiger partial charge on any atom is -0.338 e. The molecule has 2 N–H and O–H groups in total. The zero-order valence-electron chi connectivity index (χ0n) is 12.6. The Morgan fingerprint density at radius 2 is 2.09 bits per heavy atom. The SMILES string of the molecule is Cc1cc(C)n(C2CN(C(=O)CC[C@@H]3NC(=O)NC3=O)C2)n1. The highest BCUT2D eigenvalue weighted by atomic mass is 16.2. The number of aromatic nitrogens is 2. The van der Waals surface area contributed by atoms with Crippen LogP contribution in [0.1, 0.15) is 30.3 Å². The van der Waals surface area contributed by atoms with E-state index in [4.69, 9.17) is 0 Å². The van der Waals surface area contributed by atoms with Gasteiger partial charge in [-0.05, 0) is 26.3 Å². The number of urea groups is 1. The van der Waals surface area contributed by atoms with Crippen molar-refractivity contribution in [2.24, 2.45) is 0 Å². The number of nitrogens with one attached hydrogen (secondary N) is 2. The van der Waals surface area contributed by atoms with E-state index in [9.17, 15) is 14.4 Å². The molecular weight excluding hydrogens is 286 g/mol. The normalized spacial score (nSPS) is 21.5. The second-order valence-corrected chi connectivity index (χ2v) is 5.88. The van der Waals surface area contributed by atoms with Crippen LogP contribution in [0.15, 0.2) is 6.07 Å². The van der Waals surface area contributed by atoms with Crippen LogP contribution in [0.3, 0.4) is 0 Å². The van der Waals surface area contributed by atoms with E-state index < -0.39 is 12.1 Å². The van der Waals surface area contributed by atoms with Gasteiger partial charge in [-0.25, -0.2) is 4.79 Å². The lowest BCUT2D eigenvalue weighted by Gasteiger charge is -2.40. The summed E-state index contributed by atoms with van der Waals surface area (Å²) in [7, 11) is 0. The molecule has 0 bridgehead atoms. The Labute approximate surface area is 127 Å². The van der Waals surface area contributed by atoms with E-state index in [1.165, 1.54) is 0 Å². The molecule has 0 spiro atoms. The molecule has 0 unspecified atom stereocenters. The molecule has 2 saturated heterocycles. The van der Waals surface area contributed by atoms with Crippen molar-refractivity contribution < 1.29 is 14.4 Å². The molecule has 2 aliphatic heterocycles. The molecule has 2 aliphatic rings. The van der Waals surface area contributed by atoms with E-state index in [1.54, 1.807) is 4.90 Å². The van der Waals surface area contributed by atoms with Crippen LogP contribution in [0.25, 0.3) is 0 Å². The average molecular weight is 305 g/mol. The van der Waals surface area contributed by atoms with Crippen LogP contribution in [0.5, 0.6) is 0 Å². The van der Waals surface area contributed by atoms with Crippen molar-refractivity contribution in [3.63, 3.8) is 0 Å². The van der Waals surface area contributed by atoms with Crippen molar-refractivity contribution in [1.82, 2.24) is 25.3 Å². The van der Waals surface area contributed by atoms with E-state index in [2.05, 4.69) is 15.7 Å². The van der Waals surface area contributed by atoms with Gasteiger partial charge < -0.3 is 10.2 Å². The Kier molecular flexibility index (Phi) is 3.59. The van der Waals surface area contributed by atoms with Gasteiger partial charge in [0.25, 0.3) is 5.91 Å². The van der Waals surface area contributed by atoms with Crippen LogP contribution in [0.4, 0.5) is 4.79 Å². The monoisotopic (exact) mass is 305 g/mol. The fourth-order valence-corrected chi connectivity index (χ4v) is 2.92. The Balaban J connectivity index is 1.46. The Hall–Kier alpha value is -2.38. The van der Waals surface area contributed by atoms with Crippen LogP contribution in [0.2, 0.25) is 0 Å². The second kappa shape index (κ2) is 5.43. The summed E-state index contributed by atoms with van der Waals surface area (Å²) in [5, 5.41) is 9.09. The maximum Gasteiger partial charge on any atom is 0.322 e. The molecule has 0 radical (unpaired) electrons. The summed E-state index contributed by atoms with van der Waals surface area (Å²) in [5.41, 5.74) is 2.07. The van der Waals surface area contributed by atoms with Gasteiger partial charge in [-0.15, -0.1) is 0 Å². The lowest BCUT2D eigenvalue weighted by atomic mass is 10.1. The molecular formula is C14H19N5O3. The topological polar surface area (TPSA) is 96.3 Å². The number of carbonyl (C=O) groups excluding carboxylic acids is 3. The van der Waals surface area contributed by atoms with E-state index >= 15 is 0 Å². The number of hydrogen-bond donors (Lipinski definition) is 2. The summed E-state index contributed by atoms with van der Waals surface area (Å²) in [4.78, 5) is 36.2. The van der Waals surface area contributed by atoms with Crippen molar-refractivity contribution >= 4 is 17.8 Å². The van der Waals surface area contributed by atoms with E-state index in [0.717, 1.165) is 11.4 Å². The van der Waals surface area contributed by atoms with Gasteiger partial charge in [0, 0.05) is 25.2 Å². The van der Waals surface area contributed by atoms with Crippen molar-refractivity contribution in [2.75, 3.05) is 13.1 Å². The molecule has 8 nitrogen and oxygen atoms in total. The highest BCUT2D eigenvalue weighted by Crippen LogP contribution is 2.23. The molecule has 4 amide bonds. The summed E-state index contributed by atoms with van der Waals surface area (Å²) >= 11 is 0. The fraction of sp³-hybridized carbons (Fsp3) is 0.571. The molecule has 8 heteroatoms. The number of aryl methyl sites for hydroxylation is 2. The number of likely N-dealkylation sites (tertiary alicyclic amines) is 1. The van der Waals surface area contributed by atoms with Gasteiger partial charge >= 0.3 is 6.03 Å². The summed E-state index contributed by atoms with van der Waals surface area (Å²) in [6, 6.07) is 1.17. The third kappa shape index (κ3) is 2.68. The molecule has 2 fully saturated rings. The van der Waals surface area contributed by atoms with Crippen molar-refractivity contribution in [1.29, 1.82) is 0 Å². The zero-order valence-corrected chi connectivity index (χ0v) is 12.6. The first-order chi connectivity index (χ1) is 10.4. The largest absolute Gasteiger partial charge is 0.338 e. The lowest BCUT2D eigenvalue weighted by molar-refractivity contribution is -0.137. The molecule has 0 saturated carbocycles. The first-order valence-corrected chi connectivity index (χ1v) is 7.36. The lowest BCUT2D eigenvalue weighted by Crippen LogP contribution is -2.51. The molecule has 1 aromatic heterocycles. The number of amides is 4. The molecule has 0 aromatic carbocycles. The van der Waals surface area contributed by atoms with Crippen LogP contribution in [-0.2, 0) is 9.59 Å². The summed E-state index contributed by atoms with van der Waals surface area (Å²) in [6.07, 6.45) is 0.583. The van der Waals surface area contributed by atoms with Crippen LogP contribution < -0.4 is 10.6 Å². The summed E-state index contributed by atoms with van der Waals surface area (Å²) < 4.78 is 1.96. The molecule has 0 aliphatic carbocycles. The highest BCUT2D eigenvalue weighted by molar-refractivity contribution is 6.04. The Morgan fingerprint density at radius 1 is 1.36 bits per heavy atom. The Bertz CT molecular complexity index is 632. The van der Waals surface area contributed by atoms with Crippen molar-refractivity contribution in [2.45, 2.75) is 38.8 Å². The number of hydrogen-bond acceptors (Lipinski definition) is 4. The number of carbonyl (C=O) groups is 3. The van der Waals surface area contributed by atoms with Crippen molar-refractivity contribution in [3.8, 4) is 0 Å². The van der Waals surface area contributed by atoms with Gasteiger partial charge in [-0.3, -0.25) is 19.6 Å². The maximum atomic E-state index is 12.1. The maximum absolute atomic E-state index is 12.1. The van der Waals surface area contributed by atoms with E-state index in [0.29, 0.717) is 19.5 Å². The molecule has 1 aromatic rings. The first-order valence-electron chi connectivity index (χ1n) is 7.36. The number of imide groups is 1. The van der Waals surface area contributed by atoms with Gasteiger partial charge in [0.1, 0.15) is 6.04 Å². The van der Waals surface area contributed by atoms with Crippen LogP contribution in [-0.4, -0.2) is 51.7 Å². The third-order valence-electron chi connectivity index (χ3n) is 4.11. The third-order valence-corrected chi connectivity index (χ3v) is 4.11. The van der Waals surface area contributed by atoms with Gasteiger partial charge in [-0.2, -0.15) is 5.10 Å². The minimum atomic E-state index is -0.593. The predicted molar refractivity (Wildman–Crippen MR) is 77.0 cm³/mol. The molecule has 118 valence electrons. The number of nitrogens with zero attached hydrogens (tertiary/aromatic N) is 3. The quantitative estimate of drug-likeness (QED) is 0.757. The van der Waals surface area contributed by atoms with Crippen molar-refractivity contribution in [3.05, 3.63) is 17.5 Å². The average Bonchev–Trinajstić information content (AvgIpc) is 2.87.